The second-order valence-corrected chi connectivity index (χ2v) is 4.66. The van der Waals surface area contributed by atoms with Crippen molar-refractivity contribution in [3.05, 3.63) is 52.1 Å². The SMILES string of the molecule is Cc1nc(OCc2cccc(Br)c2)ccc1N. The van der Waals surface area contributed by atoms with E-state index < -0.39 is 0 Å². The van der Waals surface area contributed by atoms with Gasteiger partial charge in [-0.05, 0) is 30.7 Å². The summed E-state index contributed by atoms with van der Waals surface area (Å²) in [5.74, 6) is 0.594. The van der Waals surface area contributed by atoms with E-state index in [1.807, 2.05) is 31.2 Å². The van der Waals surface area contributed by atoms with Crippen molar-refractivity contribution in [2.24, 2.45) is 0 Å². The first-order valence-corrected chi connectivity index (χ1v) is 6.05. The number of aryl methyl sites for hydroxylation is 1. The van der Waals surface area contributed by atoms with Gasteiger partial charge in [0.25, 0.3) is 0 Å². The van der Waals surface area contributed by atoms with Crippen molar-refractivity contribution >= 4 is 21.6 Å². The van der Waals surface area contributed by atoms with E-state index in [2.05, 4.69) is 20.9 Å². The number of nitrogens with zero attached hydrogens (tertiary/aromatic N) is 1. The first-order chi connectivity index (χ1) is 8.15. The molecule has 0 unspecified atom stereocenters. The van der Waals surface area contributed by atoms with E-state index in [1.165, 1.54) is 0 Å². The second-order valence-electron chi connectivity index (χ2n) is 3.74. The predicted octanol–water partition coefficient (Wildman–Crippen LogP) is 3.31. The molecule has 0 amide bonds. The number of benzene rings is 1. The van der Waals surface area contributed by atoms with Crippen LogP contribution in [0.15, 0.2) is 40.9 Å². The largest absolute Gasteiger partial charge is 0.473 e. The monoisotopic (exact) mass is 292 g/mol. The van der Waals surface area contributed by atoms with Gasteiger partial charge in [-0.25, -0.2) is 4.98 Å². The minimum absolute atomic E-state index is 0.496. The number of hydrogen-bond donors (Lipinski definition) is 1. The Balaban J connectivity index is 2.05. The Morgan fingerprint density at radius 1 is 1.29 bits per heavy atom. The Hall–Kier alpha value is -1.55. The van der Waals surface area contributed by atoms with Crippen LogP contribution in [0.2, 0.25) is 0 Å². The predicted molar refractivity (Wildman–Crippen MR) is 71.9 cm³/mol. The molecule has 3 nitrogen and oxygen atoms in total. The molecule has 0 aliphatic heterocycles. The highest BCUT2D eigenvalue weighted by molar-refractivity contribution is 9.10. The smallest absolute Gasteiger partial charge is 0.213 e. The zero-order chi connectivity index (χ0) is 12.3. The van der Waals surface area contributed by atoms with Crippen LogP contribution in [0.3, 0.4) is 0 Å². The number of rotatable bonds is 3. The number of aromatic nitrogens is 1. The third-order valence-corrected chi connectivity index (χ3v) is 2.87. The fourth-order valence-corrected chi connectivity index (χ4v) is 1.86. The molecule has 0 aliphatic carbocycles. The summed E-state index contributed by atoms with van der Waals surface area (Å²) in [7, 11) is 0. The van der Waals surface area contributed by atoms with E-state index in [4.69, 9.17) is 10.5 Å². The van der Waals surface area contributed by atoms with Gasteiger partial charge in [-0.15, -0.1) is 0 Å². The molecule has 17 heavy (non-hydrogen) atoms. The summed E-state index contributed by atoms with van der Waals surface area (Å²) in [5.41, 5.74) is 8.25. The maximum atomic E-state index is 5.69. The highest BCUT2D eigenvalue weighted by Crippen LogP contribution is 2.16. The lowest BCUT2D eigenvalue weighted by atomic mass is 10.2. The average Bonchev–Trinajstić information content (AvgIpc) is 2.31. The Labute approximate surface area is 109 Å². The first-order valence-electron chi connectivity index (χ1n) is 5.25. The Morgan fingerprint density at radius 2 is 2.12 bits per heavy atom. The maximum Gasteiger partial charge on any atom is 0.213 e. The lowest BCUT2D eigenvalue weighted by molar-refractivity contribution is 0.293. The van der Waals surface area contributed by atoms with Crippen LogP contribution >= 0.6 is 15.9 Å². The average molecular weight is 293 g/mol. The van der Waals surface area contributed by atoms with Crippen LogP contribution in [0, 0.1) is 6.92 Å². The molecule has 4 heteroatoms. The van der Waals surface area contributed by atoms with Crippen LogP contribution in [-0.4, -0.2) is 4.98 Å². The van der Waals surface area contributed by atoms with Crippen LogP contribution < -0.4 is 10.5 Å². The summed E-state index contributed by atoms with van der Waals surface area (Å²) in [6.45, 7) is 2.36. The summed E-state index contributed by atoms with van der Waals surface area (Å²) in [6, 6.07) is 11.6. The summed E-state index contributed by atoms with van der Waals surface area (Å²) >= 11 is 3.42. The molecule has 0 atom stereocenters. The lowest BCUT2D eigenvalue weighted by Gasteiger charge is -2.07. The van der Waals surface area contributed by atoms with Gasteiger partial charge < -0.3 is 10.5 Å². The van der Waals surface area contributed by atoms with Gasteiger partial charge in [0.2, 0.25) is 5.88 Å². The first kappa shape index (κ1) is 11.9. The lowest BCUT2D eigenvalue weighted by Crippen LogP contribution is -1.99. The van der Waals surface area contributed by atoms with Crippen molar-refractivity contribution in [1.82, 2.24) is 4.98 Å². The third-order valence-electron chi connectivity index (χ3n) is 2.38. The molecule has 0 radical (unpaired) electrons. The van der Waals surface area contributed by atoms with Crippen LogP contribution in [0.25, 0.3) is 0 Å². The quantitative estimate of drug-likeness (QED) is 0.944. The summed E-state index contributed by atoms with van der Waals surface area (Å²) in [6.07, 6.45) is 0. The molecule has 0 aliphatic rings. The van der Waals surface area contributed by atoms with Crippen LogP contribution in [0.5, 0.6) is 5.88 Å². The number of nitrogen functional groups attached to an aromatic ring is 1. The number of pyridine rings is 1. The zero-order valence-electron chi connectivity index (χ0n) is 9.48. The molecule has 0 saturated heterocycles. The summed E-state index contributed by atoms with van der Waals surface area (Å²) in [5, 5.41) is 0. The van der Waals surface area contributed by atoms with Gasteiger partial charge in [0, 0.05) is 10.5 Å². The number of nitrogens with two attached hydrogens (primary N) is 1. The summed E-state index contributed by atoms with van der Waals surface area (Å²) in [4.78, 5) is 4.25. The standard InChI is InChI=1S/C13H13BrN2O/c1-9-12(15)5-6-13(16-9)17-8-10-3-2-4-11(14)7-10/h2-7H,8,15H2,1H3. The van der Waals surface area contributed by atoms with E-state index in [-0.39, 0.29) is 0 Å². The molecule has 88 valence electrons. The van der Waals surface area contributed by atoms with Crippen molar-refractivity contribution < 1.29 is 4.74 Å². The Bertz CT molecular complexity index is 529. The van der Waals surface area contributed by atoms with E-state index in [0.717, 1.165) is 15.7 Å². The van der Waals surface area contributed by atoms with Crippen LogP contribution in [-0.2, 0) is 6.61 Å². The topological polar surface area (TPSA) is 48.1 Å². The van der Waals surface area contributed by atoms with Crippen LogP contribution in [0.1, 0.15) is 11.3 Å². The molecule has 2 N–H and O–H groups in total. The van der Waals surface area contributed by atoms with Gasteiger partial charge in [-0.1, -0.05) is 28.1 Å². The van der Waals surface area contributed by atoms with E-state index in [0.29, 0.717) is 18.2 Å². The van der Waals surface area contributed by atoms with E-state index >= 15 is 0 Å². The van der Waals surface area contributed by atoms with Gasteiger partial charge in [-0.3, -0.25) is 0 Å². The highest BCUT2D eigenvalue weighted by Gasteiger charge is 2.00. The zero-order valence-corrected chi connectivity index (χ0v) is 11.1. The van der Waals surface area contributed by atoms with Gasteiger partial charge in [0.1, 0.15) is 6.61 Å². The Kier molecular flexibility index (Phi) is 3.64. The van der Waals surface area contributed by atoms with Gasteiger partial charge in [0.15, 0.2) is 0 Å². The molecule has 1 heterocycles. The van der Waals surface area contributed by atoms with Crippen LogP contribution in [0.4, 0.5) is 5.69 Å². The maximum absolute atomic E-state index is 5.69. The molecule has 0 spiro atoms. The number of halogens is 1. The minimum Gasteiger partial charge on any atom is -0.473 e. The van der Waals surface area contributed by atoms with Gasteiger partial charge in [-0.2, -0.15) is 0 Å². The second kappa shape index (κ2) is 5.19. The van der Waals surface area contributed by atoms with E-state index in [1.54, 1.807) is 12.1 Å². The molecular weight excluding hydrogens is 280 g/mol. The molecule has 1 aromatic carbocycles. The van der Waals surface area contributed by atoms with Crippen molar-refractivity contribution in [1.29, 1.82) is 0 Å². The van der Waals surface area contributed by atoms with Crippen molar-refractivity contribution in [2.45, 2.75) is 13.5 Å². The fraction of sp³-hybridized carbons (Fsp3) is 0.154. The molecular formula is C13H13BrN2O. The molecule has 0 bridgehead atoms. The van der Waals surface area contributed by atoms with Gasteiger partial charge >= 0.3 is 0 Å². The molecule has 2 aromatic rings. The highest BCUT2D eigenvalue weighted by atomic mass is 79.9. The summed E-state index contributed by atoms with van der Waals surface area (Å²) < 4.78 is 6.64. The number of ether oxygens (including phenoxy) is 1. The van der Waals surface area contributed by atoms with Crippen molar-refractivity contribution in [3.8, 4) is 5.88 Å². The van der Waals surface area contributed by atoms with E-state index in [9.17, 15) is 0 Å². The van der Waals surface area contributed by atoms with Gasteiger partial charge in [0.05, 0.1) is 11.4 Å². The normalized spacial score (nSPS) is 10.2. The van der Waals surface area contributed by atoms with Crippen molar-refractivity contribution in [2.75, 3.05) is 5.73 Å². The molecule has 0 fully saturated rings. The fourth-order valence-electron chi connectivity index (χ4n) is 1.41. The minimum atomic E-state index is 0.496. The molecule has 0 saturated carbocycles. The molecule has 2 rings (SSSR count). The van der Waals surface area contributed by atoms with Crippen molar-refractivity contribution in [3.63, 3.8) is 0 Å². The molecule has 1 aromatic heterocycles. The number of anilines is 1. The Morgan fingerprint density at radius 3 is 2.82 bits per heavy atom. The number of hydrogen-bond acceptors (Lipinski definition) is 3. The third kappa shape index (κ3) is 3.20.